The van der Waals surface area contributed by atoms with Crippen LogP contribution < -0.4 is 4.90 Å². The summed E-state index contributed by atoms with van der Waals surface area (Å²) in [4.78, 5) is 13.0. The smallest absolute Gasteiger partial charge is 0.337 e. The number of benzene rings is 1. The molecule has 19 heavy (non-hydrogen) atoms. The largest absolute Gasteiger partial charge is 0.478 e. The van der Waals surface area contributed by atoms with Crippen LogP contribution in [0.15, 0.2) is 24.3 Å². The minimum absolute atomic E-state index is 0.251. The molecule has 0 saturated carbocycles. The number of carboxylic acid groups (broad SMARTS) is 1. The Bertz CT molecular complexity index is 455. The monoisotopic (exact) mass is 265 g/mol. The van der Waals surface area contributed by atoms with Crippen molar-refractivity contribution in [3.8, 4) is 0 Å². The quantitative estimate of drug-likeness (QED) is 0.860. The number of carboxylic acids is 1. The van der Waals surface area contributed by atoms with Gasteiger partial charge in [-0.25, -0.2) is 4.79 Å². The molecule has 0 radical (unpaired) electrons. The number of nitrogens with zero attached hydrogens (tertiary/aromatic N) is 1. The number of likely N-dealkylation sites (N-methyl/N-ethyl adjacent to an activating group) is 1. The number of hydrogen-bond donors (Lipinski definition) is 2. The van der Waals surface area contributed by atoms with Crippen LogP contribution >= 0.6 is 0 Å². The number of hydrogen-bond acceptors (Lipinski definition) is 4. The average Bonchev–Trinajstić information content (AvgIpc) is 2.39. The van der Waals surface area contributed by atoms with Crippen LogP contribution in [-0.4, -0.2) is 48.6 Å². The second kappa shape index (κ2) is 5.59. The van der Waals surface area contributed by atoms with Crippen molar-refractivity contribution in [2.24, 2.45) is 0 Å². The lowest BCUT2D eigenvalue weighted by molar-refractivity contribution is -0.0572. The van der Waals surface area contributed by atoms with Crippen LogP contribution in [0.1, 0.15) is 23.2 Å². The highest BCUT2D eigenvalue weighted by Gasteiger charge is 2.31. The first-order valence-corrected chi connectivity index (χ1v) is 6.35. The molecule has 2 rings (SSSR count). The maximum absolute atomic E-state index is 11.2. The van der Waals surface area contributed by atoms with Crippen molar-refractivity contribution in [1.82, 2.24) is 0 Å². The first-order valence-electron chi connectivity index (χ1n) is 6.35. The molecule has 1 aliphatic rings. The van der Waals surface area contributed by atoms with Gasteiger partial charge < -0.3 is 19.8 Å². The maximum Gasteiger partial charge on any atom is 0.337 e. The molecule has 1 aliphatic heterocycles. The highest BCUT2D eigenvalue weighted by molar-refractivity contribution is 5.94. The van der Waals surface area contributed by atoms with Crippen LogP contribution in [-0.2, 0) is 4.74 Å². The zero-order valence-electron chi connectivity index (χ0n) is 11.0. The molecule has 5 nitrogen and oxygen atoms in total. The number of rotatable bonds is 4. The Balaban J connectivity index is 2.15. The second-order valence-electron chi connectivity index (χ2n) is 5.02. The molecule has 1 aromatic rings. The summed E-state index contributed by atoms with van der Waals surface area (Å²) in [5, 5.41) is 19.6. The number of carbonyl (C=O) groups is 1. The third-order valence-corrected chi connectivity index (χ3v) is 3.50. The molecule has 1 heterocycles. The SMILES string of the molecule is CN(CC1(O)CCOCC1)c1ccccc1C(=O)O. The van der Waals surface area contributed by atoms with E-state index in [1.54, 1.807) is 36.2 Å². The number of para-hydroxylation sites is 1. The third-order valence-electron chi connectivity index (χ3n) is 3.50. The van der Waals surface area contributed by atoms with Crippen molar-refractivity contribution in [3.63, 3.8) is 0 Å². The van der Waals surface area contributed by atoms with Gasteiger partial charge in [0, 0.05) is 39.6 Å². The van der Waals surface area contributed by atoms with Gasteiger partial charge >= 0.3 is 5.97 Å². The van der Waals surface area contributed by atoms with Crippen LogP contribution in [0.3, 0.4) is 0 Å². The van der Waals surface area contributed by atoms with Gasteiger partial charge in [-0.1, -0.05) is 12.1 Å². The van der Waals surface area contributed by atoms with Gasteiger partial charge in [0.25, 0.3) is 0 Å². The number of anilines is 1. The molecule has 0 spiro atoms. The van der Waals surface area contributed by atoms with E-state index in [4.69, 9.17) is 4.74 Å². The van der Waals surface area contributed by atoms with E-state index in [2.05, 4.69) is 0 Å². The molecule has 0 bridgehead atoms. The highest BCUT2D eigenvalue weighted by atomic mass is 16.5. The molecule has 104 valence electrons. The Labute approximate surface area is 112 Å². The minimum atomic E-state index is -0.957. The summed E-state index contributed by atoms with van der Waals surface area (Å²) in [6.07, 6.45) is 1.15. The Morgan fingerprint density at radius 1 is 1.37 bits per heavy atom. The predicted molar refractivity (Wildman–Crippen MR) is 71.7 cm³/mol. The molecule has 0 atom stereocenters. The lowest BCUT2D eigenvalue weighted by Crippen LogP contribution is -2.46. The fourth-order valence-corrected chi connectivity index (χ4v) is 2.42. The standard InChI is InChI=1S/C14H19NO4/c1-15(10-14(18)6-8-19-9-7-14)12-5-3-2-4-11(12)13(16)17/h2-5,18H,6-10H2,1H3,(H,16,17). The molecule has 5 heteroatoms. The van der Waals surface area contributed by atoms with Crippen molar-refractivity contribution in [3.05, 3.63) is 29.8 Å². The second-order valence-corrected chi connectivity index (χ2v) is 5.02. The van der Waals surface area contributed by atoms with Gasteiger partial charge in [0.1, 0.15) is 0 Å². The lowest BCUT2D eigenvalue weighted by Gasteiger charge is -2.36. The van der Waals surface area contributed by atoms with E-state index in [1.807, 2.05) is 0 Å². The Morgan fingerprint density at radius 3 is 2.63 bits per heavy atom. The summed E-state index contributed by atoms with van der Waals surface area (Å²) in [5.41, 5.74) is 0.0640. The summed E-state index contributed by atoms with van der Waals surface area (Å²) in [7, 11) is 1.80. The number of aliphatic hydroxyl groups is 1. The van der Waals surface area contributed by atoms with Crippen molar-refractivity contribution >= 4 is 11.7 Å². The van der Waals surface area contributed by atoms with Crippen molar-refractivity contribution in [1.29, 1.82) is 0 Å². The van der Waals surface area contributed by atoms with Crippen molar-refractivity contribution < 1.29 is 19.7 Å². The normalized spacial score (nSPS) is 18.0. The summed E-state index contributed by atoms with van der Waals surface area (Å²) in [6, 6.07) is 6.82. The van der Waals surface area contributed by atoms with Crippen molar-refractivity contribution in [2.75, 3.05) is 31.7 Å². The Hall–Kier alpha value is -1.59. The molecular formula is C14H19NO4. The van der Waals surface area contributed by atoms with Crippen LogP contribution in [0.5, 0.6) is 0 Å². The van der Waals surface area contributed by atoms with Gasteiger partial charge in [0.15, 0.2) is 0 Å². The van der Waals surface area contributed by atoms with E-state index >= 15 is 0 Å². The minimum Gasteiger partial charge on any atom is -0.478 e. The molecule has 1 fully saturated rings. The lowest BCUT2D eigenvalue weighted by atomic mass is 9.93. The molecule has 0 amide bonds. The molecule has 2 N–H and O–H groups in total. The van der Waals surface area contributed by atoms with Crippen LogP contribution in [0.2, 0.25) is 0 Å². The number of ether oxygens (including phenoxy) is 1. The van der Waals surface area contributed by atoms with Crippen LogP contribution in [0.4, 0.5) is 5.69 Å². The summed E-state index contributed by atoms with van der Waals surface area (Å²) in [6.45, 7) is 1.50. The molecule has 0 aromatic heterocycles. The fourth-order valence-electron chi connectivity index (χ4n) is 2.42. The van der Waals surface area contributed by atoms with E-state index in [0.29, 0.717) is 38.3 Å². The van der Waals surface area contributed by atoms with Gasteiger partial charge in [-0.2, -0.15) is 0 Å². The van der Waals surface area contributed by atoms with E-state index in [0.717, 1.165) is 0 Å². The van der Waals surface area contributed by atoms with Crippen LogP contribution in [0.25, 0.3) is 0 Å². The zero-order chi connectivity index (χ0) is 13.9. The van der Waals surface area contributed by atoms with E-state index in [1.165, 1.54) is 0 Å². The van der Waals surface area contributed by atoms with Gasteiger partial charge in [-0.05, 0) is 12.1 Å². The first kappa shape index (κ1) is 13.8. The molecule has 1 saturated heterocycles. The Kier molecular flexibility index (Phi) is 4.07. The predicted octanol–water partition coefficient (Wildman–Crippen LogP) is 1.36. The molecule has 1 aromatic carbocycles. The third kappa shape index (κ3) is 3.24. The van der Waals surface area contributed by atoms with Gasteiger partial charge in [-0.15, -0.1) is 0 Å². The summed E-state index contributed by atoms with van der Waals surface area (Å²) >= 11 is 0. The fraction of sp³-hybridized carbons (Fsp3) is 0.500. The summed E-state index contributed by atoms with van der Waals surface area (Å²) in [5.74, 6) is -0.957. The van der Waals surface area contributed by atoms with Gasteiger partial charge in [0.2, 0.25) is 0 Å². The van der Waals surface area contributed by atoms with E-state index < -0.39 is 11.6 Å². The van der Waals surface area contributed by atoms with E-state index in [9.17, 15) is 15.0 Å². The number of aromatic carboxylic acids is 1. The first-order chi connectivity index (χ1) is 9.02. The molecular weight excluding hydrogens is 246 g/mol. The maximum atomic E-state index is 11.2. The van der Waals surface area contributed by atoms with Crippen molar-refractivity contribution in [2.45, 2.75) is 18.4 Å². The molecule has 0 aliphatic carbocycles. The molecule has 0 unspecified atom stereocenters. The average molecular weight is 265 g/mol. The van der Waals surface area contributed by atoms with E-state index in [-0.39, 0.29) is 5.56 Å². The summed E-state index contributed by atoms with van der Waals surface area (Å²) < 4.78 is 5.24. The topological polar surface area (TPSA) is 70.0 Å². The Morgan fingerprint density at radius 2 is 2.00 bits per heavy atom. The van der Waals surface area contributed by atoms with Gasteiger partial charge in [-0.3, -0.25) is 0 Å². The highest BCUT2D eigenvalue weighted by Crippen LogP contribution is 2.26. The van der Waals surface area contributed by atoms with Gasteiger partial charge in [0.05, 0.1) is 16.9 Å². The van der Waals surface area contributed by atoms with Crippen LogP contribution in [0, 0.1) is 0 Å². The zero-order valence-corrected chi connectivity index (χ0v) is 11.0.